The number of rotatable bonds is 2. The van der Waals surface area contributed by atoms with Crippen molar-refractivity contribution in [1.29, 1.82) is 0 Å². The molecule has 1 aliphatic rings. The lowest BCUT2D eigenvalue weighted by atomic mass is 9.95. The molecule has 0 saturated carbocycles. The Morgan fingerprint density at radius 1 is 1.37 bits per heavy atom. The van der Waals surface area contributed by atoms with Crippen LogP contribution >= 0.6 is 0 Å². The van der Waals surface area contributed by atoms with E-state index in [9.17, 15) is 0 Å². The second-order valence-corrected chi connectivity index (χ2v) is 5.38. The fraction of sp³-hybridized carbons (Fsp3) is 0.438. The average Bonchev–Trinajstić information content (AvgIpc) is 2.91. The Hall–Kier alpha value is -1.61. The molecule has 0 saturated heterocycles. The lowest BCUT2D eigenvalue weighted by molar-refractivity contribution is 0.634. The van der Waals surface area contributed by atoms with Crippen molar-refractivity contribution in [3.8, 4) is 11.1 Å². The summed E-state index contributed by atoms with van der Waals surface area (Å²) in [6, 6.07) is 6.72. The predicted molar refractivity (Wildman–Crippen MR) is 78.1 cm³/mol. The molecule has 1 unspecified atom stereocenters. The van der Waals surface area contributed by atoms with E-state index in [1.54, 1.807) is 0 Å². The van der Waals surface area contributed by atoms with Crippen molar-refractivity contribution >= 4 is 0 Å². The third-order valence-corrected chi connectivity index (χ3v) is 4.27. The molecule has 1 atom stereocenters. The van der Waals surface area contributed by atoms with Crippen LogP contribution in [0.4, 0.5) is 0 Å². The number of hydrogen-bond acceptors (Lipinski definition) is 2. The van der Waals surface area contributed by atoms with Gasteiger partial charge in [-0.15, -0.1) is 0 Å². The van der Waals surface area contributed by atoms with Gasteiger partial charge in [0.25, 0.3) is 0 Å². The van der Waals surface area contributed by atoms with Gasteiger partial charge in [0, 0.05) is 23.8 Å². The van der Waals surface area contributed by atoms with E-state index in [2.05, 4.69) is 48.8 Å². The number of benzene rings is 1. The van der Waals surface area contributed by atoms with Crippen molar-refractivity contribution in [2.24, 2.45) is 5.73 Å². The Morgan fingerprint density at radius 2 is 2.16 bits per heavy atom. The van der Waals surface area contributed by atoms with Crippen molar-refractivity contribution in [1.82, 2.24) is 9.78 Å². The molecule has 0 radical (unpaired) electrons. The van der Waals surface area contributed by atoms with E-state index in [1.165, 1.54) is 27.9 Å². The quantitative estimate of drug-likeness (QED) is 0.896. The number of nitrogens with two attached hydrogens (primary N) is 1. The molecule has 1 heterocycles. The van der Waals surface area contributed by atoms with E-state index < -0.39 is 0 Å². The zero-order valence-electron chi connectivity index (χ0n) is 11.9. The van der Waals surface area contributed by atoms with Crippen molar-refractivity contribution in [2.45, 2.75) is 46.2 Å². The van der Waals surface area contributed by atoms with Crippen molar-refractivity contribution < 1.29 is 0 Å². The molecule has 3 heteroatoms. The van der Waals surface area contributed by atoms with Crippen molar-refractivity contribution in [3.63, 3.8) is 0 Å². The second kappa shape index (κ2) is 4.49. The topological polar surface area (TPSA) is 43.8 Å². The normalized spacial score (nSPS) is 17.8. The van der Waals surface area contributed by atoms with Crippen LogP contribution in [0.3, 0.4) is 0 Å². The van der Waals surface area contributed by atoms with Crippen LogP contribution in [-0.2, 0) is 13.0 Å². The fourth-order valence-corrected chi connectivity index (χ4v) is 3.32. The van der Waals surface area contributed by atoms with Gasteiger partial charge in [-0.3, -0.25) is 4.68 Å². The summed E-state index contributed by atoms with van der Waals surface area (Å²) in [6.07, 6.45) is 2.15. The lowest BCUT2D eigenvalue weighted by Crippen LogP contribution is -2.05. The molecule has 0 bridgehead atoms. The molecule has 1 aliphatic carbocycles. The van der Waals surface area contributed by atoms with Crippen molar-refractivity contribution in [3.05, 3.63) is 40.7 Å². The van der Waals surface area contributed by atoms with Crippen LogP contribution in [0.15, 0.2) is 18.2 Å². The van der Waals surface area contributed by atoms with E-state index in [0.29, 0.717) is 0 Å². The minimum Gasteiger partial charge on any atom is -0.324 e. The largest absolute Gasteiger partial charge is 0.324 e. The van der Waals surface area contributed by atoms with Crippen LogP contribution in [0.2, 0.25) is 0 Å². The van der Waals surface area contributed by atoms with Crippen molar-refractivity contribution in [2.75, 3.05) is 0 Å². The molecule has 100 valence electrons. The van der Waals surface area contributed by atoms with Gasteiger partial charge < -0.3 is 5.73 Å². The third-order valence-electron chi connectivity index (χ3n) is 4.27. The molecule has 0 aliphatic heterocycles. The summed E-state index contributed by atoms with van der Waals surface area (Å²) in [6.45, 7) is 7.31. The first kappa shape index (κ1) is 12.4. The van der Waals surface area contributed by atoms with E-state index in [-0.39, 0.29) is 6.04 Å². The molecule has 1 aromatic heterocycles. The number of aromatic nitrogens is 2. The summed E-state index contributed by atoms with van der Waals surface area (Å²) in [5, 5.41) is 4.63. The predicted octanol–water partition coefficient (Wildman–Crippen LogP) is 3.13. The molecule has 2 N–H and O–H groups in total. The summed E-state index contributed by atoms with van der Waals surface area (Å²) < 4.78 is 2.08. The van der Waals surface area contributed by atoms with Gasteiger partial charge in [-0.2, -0.15) is 5.10 Å². The Kier molecular flexibility index (Phi) is 2.94. The first-order valence-electron chi connectivity index (χ1n) is 7.05. The van der Waals surface area contributed by atoms with Gasteiger partial charge in [-0.1, -0.05) is 18.2 Å². The highest BCUT2D eigenvalue weighted by molar-refractivity contribution is 5.73. The minimum absolute atomic E-state index is 0.205. The highest BCUT2D eigenvalue weighted by Crippen LogP contribution is 2.38. The van der Waals surface area contributed by atoms with Gasteiger partial charge >= 0.3 is 0 Å². The molecule has 3 rings (SSSR count). The molecule has 2 aromatic rings. The third kappa shape index (κ3) is 1.80. The van der Waals surface area contributed by atoms with E-state index in [4.69, 9.17) is 5.73 Å². The Balaban J connectivity index is 2.22. The van der Waals surface area contributed by atoms with E-state index in [1.807, 2.05) is 0 Å². The van der Waals surface area contributed by atoms with Gasteiger partial charge in [0.1, 0.15) is 0 Å². The SMILES string of the molecule is CCn1nc(C)c(-c2cccc3c2CCC3N)c1C. The number of nitrogens with zero attached hydrogens (tertiary/aromatic N) is 2. The maximum atomic E-state index is 6.18. The highest BCUT2D eigenvalue weighted by Gasteiger charge is 2.24. The smallest absolute Gasteiger partial charge is 0.0675 e. The molecule has 19 heavy (non-hydrogen) atoms. The number of hydrogen-bond donors (Lipinski definition) is 1. The maximum absolute atomic E-state index is 6.18. The molecular weight excluding hydrogens is 234 g/mol. The molecule has 0 fully saturated rings. The lowest BCUT2D eigenvalue weighted by Gasteiger charge is -2.10. The number of aryl methyl sites for hydroxylation is 2. The summed E-state index contributed by atoms with van der Waals surface area (Å²) in [7, 11) is 0. The fourth-order valence-electron chi connectivity index (χ4n) is 3.32. The maximum Gasteiger partial charge on any atom is 0.0675 e. The first-order valence-corrected chi connectivity index (χ1v) is 7.05. The van der Waals surface area contributed by atoms with Crippen LogP contribution in [0.5, 0.6) is 0 Å². The van der Waals surface area contributed by atoms with E-state index in [0.717, 1.165) is 25.1 Å². The zero-order valence-corrected chi connectivity index (χ0v) is 11.9. The van der Waals surface area contributed by atoms with Crippen LogP contribution < -0.4 is 5.73 Å². The number of fused-ring (bicyclic) bond motifs is 1. The van der Waals surface area contributed by atoms with Gasteiger partial charge in [0.2, 0.25) is 0 Å². The van der Waals surface area contributed by atoms with Gasteiger partial charge in [-0.25, -0.2) is 0 Å². The summed E-state index contributed by atoms with van der Waals surface area (Å²) >= 11 is 0. The van der Waals surface area contributed by atoms with Gasteiger partial charge in [0.15, 0.2) is 0 Å². The molecule has 3 nitrogen and oxygen atoms in total. The Bertz CT molecular complexity index is 625. The van der Waals surface area contributed by atoms with Crippen LogP contribution in [-0.4, -0.2) is 9.78 Å². The minimum atomic E-state index is 0.205. The highest BCUT2D eigenvalue weighted by atomic mass is 15.3. The standard InChI is InChI=1S/C16H21N3/c1-4-19-11(3)16(10(2)18-19)14-7-5-6-13-12(14)8-9-15(13)17/h5-7,15H,4,8-9,17H2,1-3H3. The molecular formula is C16H21N3. The Morgan fingerprint density at radius 3 is 2.84 bits per heavy atom. The monoisotopic (exact) mass is 255 g/mol. The van der Waals surface area contributed by atoms with Crippen LogP contribution in [0, 0.1) is 13.8 Å². The second-order valence-electron chi connectivity index (χ2n) is 5.38. The van der Waals surface area contributed by atoms with Gasteiger partial charge in [-0.05, 0) is 50.3 Å². The summed E-state index contributed by atoms with van der Waals surface area (Å²) in [5.74, 6) is 0. The molecule has 0 amide bonds. The van der Waals surface area contributed by atoms with Crippen LogP contribution in [0.25, 0.3) is 11.1 Å². The molecule has 0 spiro atoms. The van der Waals surface area contributed by atoms with Gasteiger partial charge in [0.05, 0.1) is 5.69 Å². The summed E-state index contributed by atoms with van der Waals surface area (Å²) in [5.41, 5.74) is 13.9. The Labute approximate surface area is 114 Å². The van der Waals surface area contributed by atoms with Crippen LogP contribution in [0.1, 0.15) is 41.9 Å². The first-order chi connectivity index (χ1) is 9.13. The zero-order chi connectivity index (χ0) is 13.6. The van der Waals surface area contributed by atoms with E-state index >= 15 is 0 Å². The summed E-state index contributed by atoms with van der Waals surface area (Å²) in [4.78, 5) is 0. The average molecular weight is 255 g/mol. The molecule has 1 aromatic carbocycles.